The van der Waals surface area contributed by atoms with Crippen LogP contribution in [0.5, 0.6) is 5.75 Å². The third-order valence-corrected chi connectivity index (χ3v) is 6.76. The molecule has 1 atom stereocenters. The smallest absolute Gasteiger partial charge is 0.245 e. The number of piperazine rings is 1. The summed E-state index contributed by atoms with van der Waals surface area (Å²) >= 11 is 6.21. The van der Waals surface area contributed by atoms with Crippen LogP contribution in [0.25, 0.3) is 0 Å². The van der Waals surface area contributed by atoms with Crippen LogP contribution in [0.2, 0.25) is 5.02 Å². The molecule has 1 unspecified atom stereocenters. The number of aryl methyl sites for hydroxylation is 1. The van der Waals surface area contributed by atoms with E-state index in [1.807, 2.05) is 31.2 Å². The quantitative estimate of drug-likeness (QED) is 0.829. The highest BCUT2D eigenvalue weighted by Gasteiger charge is 2.36. The molecule has 0 saturated carbocycles. The fourth-order valence-corrected chi connectivity index (χ4v) is 5.28. The molecule has 1 aliphatic rings. The van der Waals surface area contributed by atoms with Gasteiger partial charge in [-0.25, -0.2) is 8.42 Å². The Hall–Kier alpha value is -1.31. The lowest BCUT2D eigenvalue weighted by Gasteiger charge is -2.36. The second-order valence-electron chi connectivity index (χ2n) is 6.01. The number of nitrogens with one attached hydrogen (secondary N) is 1. The Bertz CT molecular complexity index is 874. The first kappa shape index (κ1) is 21.0. The molecular formula is C18H22Cl2N2O3S. The molecule has 0 radical (unpaired) electrons. The molecule has 5 nitrogen and oxygen atoms in total. The van der Waals surface area contributed by atoms with Crippen LogP contribution in [-0.2, 0) is 10.0 Å². The monoisotopic (exact) mass is 416 g/mol. The Labute approximate surface area is 165 Å². The second-order valence-corrected chi connectivity index (χ2v) is 8.28. The number of nitrogens with zero attached hydrogens (tertiary/aromatic N) is 1. The summed E-state index contributed by atoms with van der Waals surface area (Å²) in [5.41, 5.74) is 1.69. The number of methoxy groups -OCH3 is 1. The predicted octanol–water partition coefficient (Wildman–Crippen LogP) is 3.41. The average molecular weight is 417 g/mol. The van der Waals surface area contributed by atoms with Crippen LogP contribution in [0.3, 0.4) is 0 Å². The molecule has 0 amide bonds. The van der Waals surface area contributed by atoms with E-state index in [2.05, 4.69) is 5.32 Å². The molecule has 0 spiro atoms. The van der Waals surface area contributed by atoms with E-state index in [0.29, 0.717) is 25.4 Å². The Balaban J connectivity index is 0.00000243. The third-order valence-electron chi connectivity index (χ3n) is 4.37. The minimum atomic E-state index is -3.73. The largest absolute Gasteiger partial charge is 0.496 e. The summed E-state index contributed by atoms with van der Waals surface area (Å²) in [6.07, 6.45) is 0. The zero-order valence-corrected chi connectivity index (χ0v) is 17.0. The van der Waals surface area contributed by atoms with Crippen molar-refractivity contribution in [1.29, 1.82) is 0 Å². The van der Waals surface area contributed by atoms with E-state index in [1.165, 1.54) is 4.31 Å². The molecule has 26 heavy (non-hydrogen) atoms. The summed E-state index contributed by atoms with van der Waals surface area (Å²) in [5.74, 6) is 0.673. The molecule has 3 rings (SSSR count). The average Bonchev–Trinajstić information content (AvgIpc) is 2.63. The first-order valence-corrected chi connectivity index (χ1v) is 9.88. The highest BCUT2D eigenvalue weighted by molar-refractivity contribution is 7.89. The van der Waals surface area contributed by atoms with Crippen LogP contribution in [0.15, 0.2) is 47.4 Å². The molecule has 1 heterocycles. The van der Waals surface area contributed by atoms with Gasteiger partial charge in [0.05, 0.1) is 18.2 Å². The predicted molar refractivity (Wildman–Crippen MR) is 106 cm³/mol. The number of hydrogen-bond acceptors (Lipinski definition) is 4. The number of rotatable bonds is 4. The lowest BCUT2D eigenvalue weighted by Crippen LogP contribution is -2.48. The summed E-state index contributed by atoms with van der Waals surface area (Å²) in [6.45, 7) is 3.33. The van der Waals surface area contributed by atoms with Crippen molar-refractivity contribution in [2.75, 3.05) is 26.7 Å². The van der Waals surface area contributed by atoms with Gasteiger partial charge in [0.25, 0.3) is 0 Å². The zero-order chi connectivity index (χ0) is 18.0. The first-order chi connectivity index (χ1) is 11.9. The van der Waals surface area contributed by atoms with Crippen molar-refractivity contribution in [3.63, 3.8) is 0 Å². The Morgan fingerprint density at radius 1 is 1.23 bits per heavy atom. The number of hydrogen-bond donors (Lipinski definition) is 1. The van der Waals surface area contributed by atoms with Crippen LogP contribution in [0.1, 0.15) is 17.2 Å². The van der Waals surface area contributed by atoms with Crippen LogP contribution >= 0.6 is 24.0 Å². The van der Waals surface area contributed by atoms with Crippen molar-refractivity contribution >= 4 is 34.0 Å². The van der Waals surface area contributed by atoms with E-state index in [0.717, 1.165) is 11.1 Å². The van der Waals surface area contributed by atoms with E-state index >= 15 is 0 Å². The number of para-hydroxylation sites is 1. The van der Waals surface area contributed by atoms with Crippen molar-refractivity contribution in [3.05, 3.63) is 58.6 Å². The summed E-state index contributed by atoms with van der Waals surface area (Å²) in [6, 6.07) is 12.2. The lowest BCUT2D eigenvalue weighted by molar-refractivity contribution is 0.264. The number of halogens is 2. The zero-order valence-electron chi connectivity index (χ0n) is 14.6. The third kappa shape index (κ3) is 4.00. The lowest BCUT2D eigenvalue weighted by atomic mass is 10.0. The normalized spacial score (nSPS) is 18.2. The molecule has 1 N–H and O–H groups in total. The van der Waals surface area contributed by atoms with Crippen LogP contribution in [0, 0.1) is 6.92 Å². The van der Waals surface area contributed by atoms with Gasteiger partial charge < -0.3 is 10.1 Å². The minimum absolute atomic E-state index is 0. The topological polar surface area (TPSA) is 58.6 Å². The second kappa shape index (κ2) is 8.59. The molecule has 1 saturated heterocycles. The van der Waals surface area contributed by atoms with Crippen LogP contribution < -0.4 is 10.1 Å². The molecule has 0 aliphatic carbocycles. The van der Waals surface area contributed by atoms with Crippen LogP contribution in [0.4, 0.5) is 0 Å². The molecule has 1 aliphatic heterocycles. The minimum Gasteiger partial charge on any atom is -0.496 e. The fourth-order valence-electron chi connectivity index (χ4n) is 3.11. The van der Waals surface area contributed by atoms with Gasteiger partial charge in [-0.1, -0.05) is 35.9 Å². The highest BCUT2D eigenvalue weighted by Crippen LogP contribution is 2.35. The Kier molecular flexibility index (Phi) is 6.93. The van der Waals surface area contributed by atoms with Gasteiger partial charge in [0.2, 0.25) is 10.0 Å². The molecule has 2 aromatic rings. The molecule has 0 aromatic heterocycles. The van der Waals surface area contributed by atoms with Crippen molar-refractivity contribution in [3.8, 4) is 5.75 Å². The standard InChI is InChI=1S/C18H21ClN2O3S.ClH/c1-13-7-8-15(19)18(11-13)25(22,23)21-10-9-20-12-16(21)14-5-3-4-6-17(14)24-2;/h3-8,11,16,20H,9-10,12H2,1-2H3;1H. The number of ether oxygens (including phenoxy) is 1. The van der Waals surface area contributed by atoms with Gasteiger partial charge in [-0.2, -0.15) is 4.31 Å². The van der Waals surface area contributed by atoms with Gasteiger partial charge in [-0.3, -0.25) is 0 Å². The summed E-state index contributed by atoms with van der Waals surface area (Å²) in [7, 11) is -2.14. The van der Waals surface area contributed by atoms with E-state index < -0.39 is 10.0 Å². The maximum atomic E-state index is 13.3. The molecule has 8 heteroatoms. The van der Waals surface area contributed by atoms with Crippen molar-refractivity contribution < 1.29 is 13.2 Å². The molecule has 2 aromatic carbocycles. The van der Waals surface area contributed by atoms with Gasteiger partial charge >= 0.3 is 0 Å². The summed E-state index contributed by atoms with van der Waals surface area (Å²) in [5, 5.41) is 3.51. The number of benzene rings is 2. The molecule has 142 valence electrons. The van der Waals surface area contributed by atoms with Gasteiger partial charge in [0.15, 0.2) is 0 Å². The molecule has 1 fully saturated rings. The maximum Gasteiger partial charge on any atom is 0.245 e. The van der Waals surface area contributed by atoms with Crippen molar-refractivity contribution in [2.24, 2.45) is 0 Å². The SMILES string of the molecule is COc1ccccc1C1CNCCN1S(=O)(=O)c1cc(C)ccc1Cl.Cl. The molecular weight excluding hydrogens is 395 g/mol. The molecule has 0 bridgehead atoms. The van der Waals surface area contributed by atoms with Crippen LogP contribution in [-0.4, -0.2) is 39.5 Å². The van der Waals surface area contributed by atoms with Gasteiger partial charge in [0, 0.05) is 25.2 Å². The first-order valence-electron chi connectivity index (χ1n) is 8.07. The van der Waals surface area contributed by atoms with E-state index in [4.69, 9.17) is 16.3 Å². The van der Waals surface area contributed by atoms with E-state index in [9.17, 15) is 8.42 Å². The summed E-state index contributed by atoms with van der Waals surface area (Å²) < 4.78 is 33.6. The van der Waals surface area contributed by atoms with Crippen molar-refractivity contribution in [2.45, 2.75) is 17.9 Å². The van der Waals surface area contributed by atoms with Gasteiger partial charge in [-0.15, -0.1) is 12.4 Å². The van der Waals surface area contributed by atoms with E-state index in [1.54, 1.807) is 25.3 Å². The maximum absolute atomic E-state index is 13.3. The van der Waals surface area contributed by atoms with Gasteiger partial charge in [-0.05, 0) is 30.7 Å². The van der Waals surface area contributed by atoms with E-state index in [-0.39, 0.29) is 28.4 Å². The Morgan fingerprint density at radius 2 is 1.96 bits per heavy atom. The summed E-state index contributed by atoms with van der Waals surface area (Å²) in [4.78, 5) is 0.149. The van der Waals surface area contributed by atoms with Gasteiger partial charge in [0.1, 0.15) is 10.6 Å². The Morgan fingerprint density at radius 3 is 2.69 bits per heavy atom. The van der Waals surface area contributed by atoms with Crippen molar-refractivity contribution in [1.82, 2.24) is 9.62 Å². The fraction of sp³-hybridized carbons (Fsp3) is 0.333. The highest BCUT2D eigenvalue weighted by atomic mass is 35.5. The number of sulfonamides is 1.